The fourth-order valence-electron chi connectivity index (χ4n) is 3.43. The van der Waals surface area contributed by atoms with Crippen molar-refractivity contribution in [3.05, 3.63) is 63.2 Å². The van der Waals surface area contributed by atoms with Crippen LogP contribution in [-0.2, 0) is 9.59 Å². The van der Waals surface area contributed by atoms with Gasteiger partial charge in [-0.2, -0.15) is 0 Å². The highest BCUT2D eigenvalue weighted by Crippen LogP contribution is 2.27. The summed E-state index contributed by atoms with van der Waals surface area (Å²) in [5, 5.41) is 1.31. The lowest BCUT2D eigenvalue weighted by atomic mass is 10.1. The van der Waals surface area contributed by atoms with Crippen LogP contribution >= 0.6 is 22.6 Å². The molecule has 7 heteroatoms. The van der Waals surface area contributed by atoms with Gasteiger partial charge in [0.2, 0.25) is 0 Å². The van der Waals surface area contributed by atoms with E-state index in [4.69, 9.17) is 0 Å². The predicted molar refractivity (Wildman–Crippen MR) is 119 cm³/mol. The number of rotatable bonds is 3. The van der Waals surface area contributed by atoms with Crippen molar-refractivity contribution in [3.63, 3.8) is 0 Å². The van der Waals surface area contributed by atoms with Gasteiger partial charge in [0.05, 0.1) is 5.69 Å². The molecule has 2 heterocycles. The lowest BCUT2D eigenvalue weighted by Gasteiger charge is -2.34. The molecule has 0 aromatic heterocycles. The SMILES string of the molecule is CN1CCN(c2ccccc2/C=C2\C(=O)NN(c3ccc(I)cc3)C2=O)CC1. The van der Waals surface area contributed by atoms with Gasteiger partial charge < -0.3 is 9.80 Å². The van der Waals surface area contributed by atoms with Crippen LogP contribution in [-0.4, -0.2) is 49.9 Å². The molecule has 2 aliphatic rings. The molecular weight excluding hydrogens is 467 g/mol. The maximum Gasteiger partial charge on any atom is 0.282 e. The summed E-state index contributed by atoms with van der Waals surface area (Å²) < 4.78 is 1.07. The van der Waals surface area contributed by atoms with Crippen molar-refractivity contribution in [3.8, 4) is 0 Å². The van der Waals surface area contributed by atoms with Crippen LogP contribution in [0.5, 0.6) is 0 Å². The number of likely N-dealkylation sites (N-methyl/N-ethyl adjacent to an activating group) is 1. The molecule has 0 unspecified atom stereocenters. The molecule has 0 bridgehead atoms. The van der Waals surface area contributed by atoms with Gasteiger partial charge in [0.1, 0.15) is 5.57 Å². The Morgan fingerprint density at radius 2 is 1.64 bits per heavy atom. The van der Waals surface area contributed by atoms with Gasteiger partial charge in [-0.05, 0) is 71.6 Å². The lowest BCUT2D eigenvalue weighted by molar-refractivity contribution is -0.117. The molecule has 6 nitrogen and oxygen atoms in total. The Kier molecular flexibility index (Phi) is 5.36. The highest BCUT2D eigenvalue weighted by molar-refractivity contribution is 14.1. The highest BCUT2D eigenvalue weighted by Gasteiger charge is 2.34. The predicted octanol–water partition coefficient (Wildman–Crippen LogP) is 2.50. The summed E-state index contributed by atoms with van der Waals surface area (Å²) in [5.41, 5.74) is 5.41. The van der Waals surface area contributed by atoms with Gasteiger partial charge >= 0.3 is 0 Å². The normalized spacial score (nSPS) is 19.4. The summed E-state index contributed by atoms with van der Waals surface area (Å²) in [6, 6.07) is 15.4. The van der Waals surface area contributed by atoms with Crippen molar-refractivity contribution in [2.45, 2.75) is 0 Å². The molecule has 0 atom stereocenters. The summed E-state index contributed by atoms with van der Waals surface area (Å²) >= 11 is 2.20. The van der Waals surface area contributed by atoms with Crippen molar-refractivity contribution in [1.82, 2.24) is 10.3 Å². The van der Waals surface area contributed by atoms with Gasteiger partial charge in [0.25, 0.3) is 11.8 Å². The number of nitrogens with zero attached hydrogens (tertiary/aromatic N) is 3. The minimum Gasteiger partial charge on any atom is -0.368 e. The molecule has 0 radical (unpaired) electrons. The number of hydrazine groups is 1. The molecule has 0 saturated carbocycles. The molecule has 2 aromatic rings. The molecule has 0 aliphatic carbocycles. The van der Waals surface area contributed by atoms with Gasteiger partial charge in [0.15, 0.2) is 0 Å². The molecular formula is C21H21IN4O2. The van der Waals surface area contributed by atoms with Crippen molar-refractivity contribution in [2.24, 2.45) is 0 Å². The Hall–Kier alpha value is -2.39. The second kappa shape index (κ2) is 7.92. The zero-order chi connectivity index (χ0) is 19.7. The van der Waals surface area contributed by atoms with Gasteiger partial charge in [-0.1, -0.05) is 18.2 Å². The number of para-hydroxylation sites is 1. The molecule has 0 spiro atoms. The molecule has 2 saturated heterocycles. The van der Waals surface area contributed by atoms with Crippen LogP contribution in [0.4, 0.5) is 11.4 Å². The van der Waals surface area contributed by atoms with Gasteiger partial charge in [0, 0.05) is 35.4 Å². The summed E-state index contributed by atoms with van der Waals surface area (Å²) in [6.07, 6.45) is 1.71. The largest absolute Gasteiger partial charge is 0.368 e. The molecule has 2 aliphatic heterocycles. The number of halogens is 1. The number of carbonyl (C=O) groups is 2. The Morgan fingerprint density at radius 1 is 0.964 bits per heavy atom. The van der Waals surface area contributed by atoms with Gasteiger partial charge in [-0.3, -0.25) is 15.0 Å². The lowest BCUT2D eigenvalue weighted by Crippen LogP contribution is -2.44. The number of hydrogen-bond acceptors (Lipinski definition) is 4. The van der Waals surface area contributed by atoms with Crippen LogP contribution < -0.4 is 15.3 Å². The van der Waals surface area contributed by atoms with Crippen molar-refractivity contribution in [2.75, 3.05) is 43.1 Å². The first kappa shape index (κ1) is 18.9. The Morgan fingerprint density at radius 3 is 2.36 bits per heavy atom. The van der Waals surface area contributed by atoms with Crippen LogP contribution in [0.25, 0.3) is 6.08 Å². The quantitative estimate of drug-likeness (QED) is 0.410. The van der Waals surface area contributed by atoms with Crippen LogP contribution in [0.3, 0.4) is 0 Å². The number of piperazine rings is 1. The van der Waals surface area contributed by atoms with E-state index in [1.807, 2.05) is 48.5 Å². The number of benzene rings is 2. The first-order chi connectivity index (χ1) is 13.5. The summed E-state index contributed by atoms with van der Waals surface area (Å²) in [4.78, 5) is 30.0. The fraction of sp³-hybridized carbons (Fsp3) is 0.238. The molecule has 2 amide bonds. The summed E-state index contributed by atoms with van der Waals surface area (Å²) in [5.74, 6) is -0.712. The monoisotopic (exact) mass is 488 g/mol. The van der Waals surface area contributed by atoms with E-state index < -0.39 is 0 Å². The molecule has 1 N–H and O–H groups in total. The van der Waals surface area contributed by atoms with E-state index in [0.29, 0.717) is 5.69 Å². The van der Waals surface area contributed by atoms with Crippen molar-refractivity contribution in [1.29, 1.82) is 0 Å². The van der Waals surface area contributed by atoms with Crippen molar-refractivity contribution >= 4 is 51.9 Å². The minimum atomic E-state index is -0.378. The number of amides is 2. The number of anilines is 2. The van der Waals surface area contributed by atoms with Gasteiger partial charge in [-0.15, -0.1) is 0 Å². The third kappa shape index (κ3) is 3.77. The molecule has 4 rings (SSSR count). The average molecular weight is 488 g/mol. The van der Waals surface area contributed by atoms with Crippen LogP contribution in [0.2, 0.25) is 0 Å². The number of carbonyl (C=O) groups excluding carboxylic acids is 2. The smallest absolute Gasteiger partial charge is 0.282 e. The standard InChI is InChI=1S/C21H21IN4O2/c1-24-10-12-25(13-11-24)19-5-3-2-4-15(19)14-18-20(27)23-26(21(18)28)17-8-6-16(22)7-9-17/h2-9,14H,10-13H2,1H3,(H,23,27)/b18-14+. The maximum atomic E-state index is 12.9. The maximum absolute atomic E-state index is 12.9. The second-order valence-electron chi connectivity index (χ2n) is 6.97. The topological polar surface area (TPSA) is 55.9 Å². The van der Waals surface area contributed by atoms with Crippen molar-refractivity contribution < 1.29 is 9.59 Å². The highest BCUT2D eigenvalue weighted by atomic mass is 127. The van der Waals surface area contributed by atoms with E-state index in [1.54, 1.807) is 6.08 Å². The number of nitrogens with one attached hydrogen (secondary N) is 1. The van der Waals surface area contributed by atoms with Crippen LogP contribution in [0.1, 0.15) is 5.56 Å². The molecule has 28 heavy (non-hydrogen) atoms. The first-order valence-electron chi connectivity index (χ1n) is 9.18. The van der Waals surface area contributed by atoms with E-state index in [0.717, 1.165) is 41.0 Å². The fourth-order valence-corrected chi connectivity index (χ4v) is 3.79. The van der Waals surface area contributed by atoms with Gasteiger partial charge in [-0.25, -0.2) is 5.01 Å². The Bertz CT molecular complexity index is 934. The van der Waals surface area contributed by atoms with E-state index in [-0.39, 0.29) is 17.4 Å². The summed E-state index contributed by atoms with van der Waals surface area (Å²) in [7, 11) is 2.12. The number of hydrogen-bond donors (Lipinski definition) is 1. The van der Waals surface area contributed by atoms with E-state index in [1.165, 1.54) is 5.01 Å². The Labute approximate surface area is 177 Å². The minimum absolute atomic E-state index is 0.153. The molecule has 2 aromatic carbocycles. The third-order valence-electron chi connectivity index (χ3n) is 5.06. The third-order valence-corrected chi connectivity index (χ3v) is 5.78. The summed E-state index contributed by atoms with van der Waals surface area (Å²) in [6.45, 7) is 3.83. The second-order valence-corrected chi connectivity index (χ2v) is 8.21. The average Bonchev–Trinajstić information content (AvgIpc) is 2.98. The Balaban J connectivity index is 1.63. The zero-order valence-electron chi connectivity index (χ0n) is 15.6. The van der Waals surface area contributed by atoms with Crippen LogP contribution in [0.15, 0.2) is 54.1 Å². The zero-order valence-corrected chi connectivity index (χ0v) is 17.7. The van der Waals surface area contributed by atoms with E-state index in [9.17, 15) is 9.59 Å². The van der Waals surface area contributed by atoms with E-state index in [2.05, 4.69) is 44.9 Å². The molecule has 144 valence electrons. The van der Waals surface area contributed by atoms with Crippen LogP contribution in [0, 0.1) is 3.57 Å². The first-order valence-corrected chi connectivity index (χ1v) is 10.3. The molecule has 2 fully saturated rings. The van der Waals surface area contributed by atoms with E-state index >= 15 is 0 Å².